The molecule has 2 atom stereocenters. The number of halogens is 1. The highest BCUT2D eigenvalue weighted by Crippen LogP contribution is 2.25. The fourth-order valence-electron chi connectivity index (χ4n) is 2.70. The Morgan fingerprint density at radius 3 is 2.62 bits per heavy atom. The van der Waals surface area contributed by atoms with E-state index >= 15 is 0 Å². The maximum Gasteiger partial charge on any atom is 0.222 e. The summed E-state index contributed by atoms with van der Waals surface area (Å²) in [5, 5.41) is 0.415. The number of carbonyl (C=O) groups is 1. The Morgan fingerprint density at radius 2 is 1.95 bits per heavy atom. The second-order valence-corrected chi connectivity index (χ2v) is 7.53. The molecular formula is C14H19ClN2O3S. The average Bonchev–Trinajstić information content (AvgIpc) is 2.41. The average molecular weight is 331 g/mol. The first kappa shape index (κ1) is 16.3. The van der Waals surface area contributed by atoms with Crippen LogP contribution in [0.3, 0.4) is 0 Å². The summed E-state index contributed by atoms with van der Waals surface area (Å²) in [6.45, 7) is 0. The van der Waals surface area contributed by atoms with Crippen molar-refractivity contribution in [2.45, 2.75) is 37.5 Å². The lowest BCUT2D eigenvalue weighted by Gasteiger charge is -2.29. The molecule has 3 N–H and O–H groups in total. The molecule has 0 aliphatic heterocycles. The maximum absolute atomic E-state index is 12.3. The number of nitrogens with one attached hydrogen (secondary N) is 1. The zero-order valence-electron chi connectivity index (χ0n) is 11.6. The Hall–Kier alpha value is -1.11. The van der Waals surface area contributed by atoms with Crippen molar-refractivity contribution in [3.63, 3.8) is 0 Å². The van der Waals surface area contributed by atoms with Gasteiger partial charge in [0.2, 0.25) is 15.9 Å². The molecule has 0 heterocycles. The number of hydrogen-bond acceptors (Lipinski definition) is 3. The van der Waals surface area contributed by atoms with E-state index in [0.717, 1.165) is 12.8 Å². The summed E-state index contributed by atoms with van der Waals surface area (Å²) >= 11 is 5.99. The molecule has 21 heavy (non-hydrogen) atoms. The van der Waals surface area contributed by atoms with Crippen molar-refractivity contribution in [1.82, 2.24) is 4.72 Å². The first-order valence-electron chi connectivity index (χ1n) is 6.92. The third-order valence-corrected chi connectivity index (χ3v) is 5.49. The van der Waals surface area contributed by atoms with Crippen LogP contribution in [0.15, 0.2) is 24.3 Å². The van der Waals surface area contributed by atoms with Gasteiger partial charge in [-0.2, -0.15) is 0 Å². The van der Waals surface area contributed by atoms with Crippen LogP contribution in [0.4, 0.5) is 0 Å². The minimum absolute atomic E-state index is 0.200. The van der Waals surface area contributed by atoms with E-state index < -0.39 is 27.9 Å². The van der Waals surface area contributed by atoms with Crippen LogP contribution in [0, 0.1) is 5.92 Å². The van der Waals surface area contributed by atoms with E-state index in [9.17, 15) is 13.2 Å². The second-order valence-electron chi connectivity index (χ2n) is 5.37. The van der Waals surface area contributed by atoms with Crippen LogP contribution in [-0.2, 0) is 20.6 Å². The monoisotopic (exact) mass is 330 g/mol. The fourth-order valence-corrected chi connectivity index (χ4v) is 4.47. The first-order valence-corrected chi connectivity index (χ1v) is 8.95. The molecule has 0 aromatic heterocycles. The van der Waals surface area contributed by atoms with Crippen molar-refractivity contribution >= 4 is 27.5 Å². The molecule has 1 saturated carbocycles. The number of amides is 1. The summed E-state index contributed by atoms with van der Waals surface area (Å²) < 4.78 is 27.1. The van der Waals surface area contributed by atoms with Gasteiger partial charge in [0.05, 0.1) is 11.7 Å². The number of benzene rings is 1. The van der Waals surface area contributed by atoms with Gasteiger partial charge in [-0.1, -0.05) is 42.6 Å². The van der Waals surface area contributed by atoms with Gasteiger partial charge in [-0.05, 0) is 24.5 Å². The van der Waals surface area contributed by atoms with Crippen LogP contribution >= 0.6 is 11.6 Å². The Bertz CT molecular complexity index is 618. The standard InChI is InChI=1S/C14H19ClN2O3S/c15-12-7-3-1-5-10(12)9-21(19,20)17-13-8-4-2-6-11(13)14(16)18/h1,3,5,7,11,13,17H,2,4,6,8-9H2,(H2,16,18)/t11-,13+/m0/s1. The zero-order chi connectivity index (χ0) is 15.5. The minimum Gasteiger partial charge on any atom is -0.369 e. The van der Waals surface area contributed by atoms with Crippen LogP contribution < -0.4 is 10.5 Å². The van der Waals surface area contributed by atoms with Crippen molar-refractivity contribution in [2.75, 3.05) is 0 Å². The van der Waals surface area contributed by atoms with Crippen molar-refractivity contribution < 1.29 is 13.2 Å². The predicted octanol–water partition coefficient (Wildman–Crippen LogP) is 1.80. The van der Waals surface area contributed by atoms with Crippen molar-refractivity contribution in [1.29, 1.82) is 0 Å². The highest BCUT2D eigenvalue weighted by atomic mass is 35.5. The molecule has 1 aromatic carbocycles. The largest absolute Gasteiger partial charge is 0.369 e. The summed E-state index contributed by atoms with van der Waals surface area (Å²) in [4.78, 5) is 11.4. The third-order valence-electron chi connectivity index (χ3n) is 3.77. The molecule has 2 rings (SSSR count). The summed E-state index contributed by atoms with van der Waals surface area (Å²) in [6.07, 6.45) is 3.06. The molecule has 1 aliphatic rings. The smallest absolute Gasteiger partial charge is 0.222 e. The van der Waals surface area contributed by atoms with E-state index in [0.29, 0.717) is 23.4 Å². The van der Waals surface area contributed by atoms with Crippen LogP contribution in [0.25, 0.3) is 0 Å². The predicted molar refractivity (Wildman–Crippen MR) is 82.2 cm³/mol. The van der Waals surface area contributed by atoms with Gasteiger partial charge >= 0.3 is 0 Å². The summed E-state index contributed by atoms with van der Waals surface area (Å²) in [6, 6.07) is 6.40. The summed E-state index contributed by atoms with van der Waals surface area (Å²) in [5.41, 5.74) is 5.90. The van der Waals surface area contributed by atoms with Gasteiger partial charge in [0.25, 0.3) is 0 Å². The Morgan fingerprint density at radius 1 is 1.29 bits per heavy atom. The molecule has 7 heteroatoms. The normalized spacial score (nSPS) is 22.9. The second kappa shape index (κ2) is 6.77. The summed E-state index contributed by atoms with van der Waals surface area (Å²) in [5.74, 6) is -1.07. The van der Waals surface area contributed by atoms with Crippen LogP contribution in [0.2, 0.25) is 5.02 Å². The molecule has 1 aliphatic carbocycles. The van der Waals surface area contributed by atoms with Crippen LogP contribution in [0.5, 0.6) is 0 Å². The lowest BCUT2D eigenvalue weighted by molar-refractivity contribution is -0.123. The molecule has 1 aromatic rings. The molecule has 1 amide bonds. The Kier molecular flexibility index (Phi) is 5.24. The molecule has 1 fully saturated rings. The fraction of sp³-hybridized carbons (Fsp3) is 0.500. The van der Waals surface area contributed by atoms with Crippen LogP contribution in [-0.4, -0.2) is 20.4 Å². The lowest BCUT2D eigenvalue weighted by atomic mass is 9.85. The van der Waals surface area contributed by atoms with E-state index in [1.807, 2.05) is 0 Å². The van der Waals surface area contributed by atoms with Gasteiger partial charge < -0.3 is 5.73 Å². The number of carbonyl (C=O) groups excluding carboxylic acids is 1. The molecule has 0 unspecified atom stereocenters. The summed E-state index contributed by atoms with van der Waals surface area (Å²) in [7, 11) is -3.57. The van der Waals surface area contributed by atoms with E-state index in [1.54, 1.807) is 24.3 Å². The highest BCUT2D eigenvalue weighted by molar-refractivity contribution is 7.88. The quantitative estimate of drug-likeness (QED) is 0.862. The lowest BCUT2D eigenvalue weighted by Crippen LogP contribution is -2.47. The Labute approximate surface area is 129 Å². The van der Waals surface area contributed by atoms with Crippen LogP contribution in [0.1, 0.15) is 31.2 Å². The van der Waals surface area contributed by atoms with E-state index in [-0.39, 0.29) is 5.75 Å². The highest BCUT2D eigenvalue weighted by Gasteiger charge is 2.32. The van der Waals surface area contributed by atoms with Gasteiger partial charge in [0, 0.05) is 11.1 Å². The molecule has 0 bridgehead atoms. The van der Waals surface area contributed by atoms with E-state index in [4.69, 9.17) is 17.3 Å². The minimum atomic E-state index is -3.57. The van der Waals surface area contributed by atoms with Gasteiger partial charge in [0.1, 0.15) is 0 Å². The molecule has 0 radical (unpaired) electrons. The van der Waals surface area contributed by atoms with Gasteiger partial charge in [-0.15, -0.1) is 0 Å². The van der Waals surface area contributed by atoms with Crippen molar-refractivity contribution in [3.8, 4) is 0 Å². The first-order chi connectivity index (χ1) is 9.89. The molecule has 0 saturated heterocycles. The molecular weight excluding hydrogens is 312 g/mol. The number of nitrogens with two attached hydrogens (primary N) is 1. The number of primary amides is 1. The number of rotatable bonds is 5. The van der Waals surface area contributed by atoms with E-state index in [2.05, 4.69) is 4.72 Å². The number of sulfonamides is 1. The Balaban J connectivity index is 2.09. The topological polar surface area (TPSA) is 89.3 Å². The van der Waals surface area contributed by atoms with E-state index in [1.165, 1.54) is 0 Å². The maximum atomic E-state index is 12.3. The number of hydrogen-bond donors (Lipinski definition) is 2. The van der Waals surface area contributed by atoms with Crippen molar-refractivity contribution in [2.24, 2.45) is 11.7 Å². The molecule has 5 nitrogen and oxygen atoms in total. The van der Waals surface area contributed by atoms with Gasteiger partial charge in [-0.25, -0.2) is 13.1 Å². The zero-order valence-corrected chi connectivity index (χ0v) is 13.2. The third kappa shape index (κ3) is 4.43. The van der Waals surface area contributed by atoms with Crippen molar-refractivity contribution in [3.05, 3.63) is 34.9 Å². The van der Waals surface area contributed by atoms with Gasteiger partial charge in [-0.3, -0.25) is 4.79 Å². The van der Waals surface area contributed by atoms with Gasteiger partial charge in [0.15, 0.2) is 0 Å². The SMILES string of the molecule is NC(=O)[C@H]1CCCC[C@H]1NS(=O)(=O)Cc1ccccc1Cl. The molecule has 116 valence electrons. The molecule has 0 spiro atoms.